The van der Waals surface area contributed by atoms with Gasteiger partial charge in [0.15, 0.2) is 5.78 Å². The Morgan fingerprint density at radius 1 is 0.714 bits per heavy atom. The van der Waals surface area contributed by atoms with Crippen molar-refractivity contribution < 1.29 is 14.4 Å². The van der Waals surface area contributed by atoms with E-state index in [2.05, 4.69) is 12.1 Å². The second-order valence-corrected chi connectivity index (χ2v) is 12.4. The number of hydrogen-bond acceptors (Lipinski definition) is 6. The number of unbranched alkanes of at least 4 members (excludes halogenated alkanes) is 3. The predicted octanol–water partition coefficient (Wildman–Crippen LogP) is 10.0. The first-order chi connectivity index (χ1) is 20.5. The molecule has 0 amide bonds. The molecule has 0 aliphatic carbocycles. The minimum atomic E-state index is -0.124. The van der Waals surface area contributed by atoms with Gasteiger partial charge in [-0.05, 0) is 85.6 Å². The lowest BCUT2D eigenvalue weighted by Crippen LogP contribution is -2.16. The van der Waals surface area contributed by atoms with Gasteiger partial charge in [0.1, 0.15) is 12.3 Å². The van der Waals surface area contributed by atoms with Crippen LogP contribution in [0.5, 0.6) is 0 Å². The predicted molar refractivity (Wildman–Crippen MR) is 176 cm³/mol. The highest BCUT2D eigenvalue weighted by Gasteiger charge is 2.16. The molecule has 4 rings (SSSR count). The Balaban J connectivity index is 1.37. The van der Waals surface area contributed by atoms with Crippen molar-refractivity contribution in [2.45, 2.75) is 53.7 Å². The number of halogens is 1. The lowest BCUT2D eigenvalue weighted by atomic mass is 10.0. The fourth-order valence-corrected chi connectivity index (χ4v) is 5.92. The lowest BCUT2D eigenvalue weighted by Gasteiger charge is -2.08. The fraction of sp³-hybridized carbons (Fsp3) is 0.229. The summed E-state index contributed by atoms with van der Waals surface area (Å²) in [5.74, 6) is 0.576. The van der Waals surface area contributed by atoms with Gasteiger partial charge in [-0.2, -0.15) is 0 Å². The van der Waals surface area contributed by atoms with Crippen LogP contribution in [0.15, 0.2) is 123 Å². The van der Waals surface area contributed by atoms with Gasteiger partial charge in [-0.1, -0.05) is 78.6 Å². The van der Waals surface area contributed by atoms with Crippen LogP contribution in [-0.4, -0.2) is 29.6 Å². The molecule has 0 aromatic heterocycles. The molecule has 4 nitrogen and oxygen atoms in total. The molecule has 0 fully saturated rings. The van der Waals surface area contributed by atoms with E-state index in [-0.39, 0.29) is 11.6 Å². The highest BCUT2D eigenvalue weighted by molar-refractivity contribution is 7.99. The summed E-state index contributed by atoms with van der Waals surface area (Å²) < 4.78 is 0. The Kier molecular flexibility index (Phi) is 12.8. The minimum absolute atomic E-state index is 0.00369. The van der Waals surface area contributed by atoms with Crippen LogP contribution >= 0.6 is 35.1 Å². The number of Topliss-reactive ketones (excluding diaryl/α,β-unsaturated/α-hetero) is 1. The van der Waals surface area contributed by atoms with Crippen LogP contribution in [0.4, 0.5) is 0 Å². The Labute approximate surface area is 261 Å². The van der Waals surface area contributed by atoms with Crippen molar-refractivity contribution >= 4 is 52.4 Å². The van der Waals surface area contributed by atoms with E-state index in [1.54, 1.807) is 23.5 Å². The molecule has 7 heteroatoms. The van der Waals surface area contributed by atoms with Crippen molar-refractivity contribution in [3.05, 3.63) is 125 Å². The van der Waals surface area contributed by atoms with Crippen LogP contribution in [0.25, 0.3) is 0 Å². The smallest absolute Gasteiger partial charge is 0.210 e. The number of ketones is 2. The van der Waals surface area contributed by atoms with Crippen LogP contribution in [-0.2, 0) is 4.84 Å². The van der Waals surface area contributed by atoms with Gasteiger partial charge >= 0.3 is 0 Å². The number of thioether (sulfide) groups is 1. The van der Waals surface area contributed by atoms with E-state index in [0.29, 0.717) is 46.2 Å². The van der Waals surface area contributed by atoms with Gasteiger partial charge in [0.2, 0.25) is 5.78 Å². The summed E-state index contributed by atoms with van der Waals surface area (Å²) in [5, 5.41) is 4.98. The average Bonchev–Trinajstić information content (AvgIpc) is 3.03. The van der Waals surface area contributed by atoms with Gasteiger partial charge in [-0.15, -0.1) is 11.8 Å². The number of benzene rings is 4. The first-order valence-electron chi connectivity index (χ1n) is 14.1. The normalized spacial score (nSPS) is 11.3. The van der Waals surface area contributed by atoms with Crippen molar-refractivity contribution in [1.82, 2.24) is 0 Å². The number of hydrogen-bond donors (Lipinski definition) is 0. The zero-order chi connectivity index (χ0) is 29.6. The molecule has 0 spiro atoms. The molecule has 4 aromatic carbocycles. The maximum Gasteiger partial charge on any atom is 0.210 e. The zero-order valence-corrected chi connectivity index (χ0v) is 26.0. The van der Waals surface area contributed by atoms with Gasteiger partial charge in [-0.25, -0.2) is 0 Å². The summed E-state index contributed by atoms with van der Waals surface area (Å²) >= 11 is 9.23. The average molecular weight is 616 g/mol. The summed E-state index contributed by atoms with van der Waals surface area (Å²) in [6, 6.07) is 32.1. The summed E-state index contributed by atoms with van der Waals surface area (Å²) in [4.78, 5) is 34.8. The first-order valence-corrected chi connectivity index (χ1v) is 16.3. The molecule has 0 radical (unpaired) electrons. The van der Waals surface area contributed by atoms with Gasteiger partial charge < -0.3 is 4.84 Å². The van der Waals surface area contributed by atoms with Gasteiger partial charge in [0, 0.05) is 48.6 Å². The minimum Gasteiger partial charge on any atom is -0.395 e. The van der Waals surface area contributed by atoms with Gasteiger partial charge in [-0.3, -0.25) is 9.59 Å². The van der Waals surface area contributed by atoms with Crippen molar-refractivity contribution in [2.75, 3.05) is 12.4 Å². The molecular weight excluding hydrogens is 582 g/mol. The summed E-state index contributed by atoms with van der Waals surface area (Å²) in [7, 11) is 0. The van der Waals surface area contributed by atoms with Crippen molar-refractivity contribution in [3.8, 4) is 0 Å². The molecule has 0 N–H and O–H groups in total. The molecule has 0 atom stereocenters. The largest absolute Gasteiger partial charge is 0.395 e. The molecule has 0 unspecified atom stereocenters. The molecule has 0 heterocycles. The van der Waals surface area contributed by atoms with Crippen LogP contribution < -0.4 is 0 Å². The Morgan fingerprint density at radius 3 is 1.95 bits per heavy atom. The molecule has 216 valence electrons. The second kappa shape index (κ2) is 17.0. The summed E-state index contributed by atoms with van der Waals surface area (Å²) in [6.07, 6.45) is 4.82. The van der Waals surface area contributed by atoms with E-state index < -0.39 is 0 Å². The van der Waals surface area contributed by atoms with Crippen LogP contribution in [0.3, 0.4) is 0 Å². The summed E-state index contributed by atoms with van der Waals surface area (Å²) in [6.45, 7) is 2.68. The van der Waals surface area contributed by atoms with E-state index in [1.807, 2.05) is 103 Å². The van der Waals surface area contributed by atoms with Crippen LogP contribution in [0.1, 0.15) is 65.3 Å². The molecule has 0 saturated carbocycles. The molecular formula is C35H34ClNO3S2. The van der Waals surface area contributed by atoms with Crippen LogP contribution in [0.2, 0.25) is 5.02 Å². The van der Waals surface area contributed by atoms with Gasteiger partial charge in [0.25, 0.3) is 0 Å². The number of rotatable bonds is 16. The number of nitrogens with zero attached hydrogens (tertiary/aromatic N) is 1. The third-order valence-corrected chi connectivity index (χ3v) is 8.73. The second-order valence-electron chi connectivity index (χ2n) is 9.66. The third-order valence-electron chi connectivity index (χ3n) is 6.45. The van der Waals surface area contributed by atoms with Gasteiger partial charge in [0.05, 0.1) is 0 Å². The number of oxime groups is 1. The van der Waals surface area contributed by atoms with E-state index in [1.165, 1.54) is 0 Å². The number of carbonyl (C=O) groups excluding carboxylic acids is 2. The SMILES string of the molecule is CCCCCCO/N=C(\CCSc1ccc(Cl)cc1)C(=O)c1ccc(Sc2ccc(C(=O)c3ccccc3)cc2)cc1. The highest BCUT2D eigenvalue weighted by atomic mass is 35.5. The monoisotopic (exact) mass is 615 g/mol. The van der Waals surface area contributed by atoms with Crippen molar-refractivity contribution in [3.63, 3.8) is 0 Å². The maximum absolute atomic E-state index is 13.4. The zero-order valence-electron chi connectivity index (χ0n) is 23.6. The maximum atomic E-state index is 13.4. The molecule has 0 saturated heterocycles. The Hall–Kier alpha value is -3.32. The first kappa shape index (κ1) is 31.6. The molecule has 0 bridgehead atoms. The molecule has 0 aliphatic heterocycles. The fourth-order valence-electron chi connectivity index (χ4n) is 4.12. The van der Waals surface area contributed by atoms with Crippen LogP contribution in [0, 0.1) is 0 Å². The standard InChI is InChI=1S/C35H34ClNO3S2/c1-2-3-4-8-24-40-37-33(23-25-41-30-21-15-29(36)16-22-30)35(39)28-13-19-32(20-14-28)42-31-17-11-27(12-18-31)34(38)26-9-6-5-7-10-26/h5-7,9-22H,2-4,8,23-25H2,1H3/b37-33+. The molecule has 42 heavy (non-hydrogen) atoms. The van der Waals surface area contributed by atoms with E-state index in [9.17, 15) is 9.59 Å². The third kappa shape index (κ3) is 9.90. The topological polar surface area (TPSA) is 55.7 Å². The van der Waals surface area contributed by atoms with E-state index >= 15 is 0 Å². The molecule has 4 aromatic rings. The highest BCUT2D eigenvalue weighted by Crippen LogP contribution is 2.29. The Bertz CT molecular complexity index is 1460. The summed E-state index contributed by atoms with van der Waals surface area (Å²) in [5.41, 5.74) is 2.32. The van der Waals surface area contributed by atoms with Crippen molar-refractivity contribution in [1.29, 1.82) is 0 Å². The quantitative estimate of drug-likeness (QED) is 0.0413. The van der Waals surface area contributed by atoms with Crippen molar-refractivity contribution in [2.24, 2.45) is 5.16 Å². The number of carbonyl (C=O) groups is 2. The lowest BCUT2D eigenvalue weighted by molar-refractivity contribution is 0.103. The Morgan fingerprint density at radius 2 is 1.31 bits per heavy atom. The molecule has 0 aliphatic rings. The van der Waals surface area contributed by atoms with E-state index in [4.69, 9.17) is 16.4 Å². The van der Waals surface area contributed by atoms with E-state index in [0.717, 1.165) is 40.4 Å².